The van der Waals surface area contributed by atoms with Gasteiger partial charge < -0.3 is 11.1 Å². The predicted molar refractivity (Wildman–Crippen MR) is 74.6 cm³/mol. The van der Waals surface area contributed by atoms with Gasteiger partial charge in [0.1, 0.15) is 5.82 Å². The minimum atomic E-state index is -0.328. The summed E-state index contributed by atoms with van der Waals surface area (Å²) in [7, 11) is 0. The van der Waals surface area contributed by atoms with E-state index in [0.717, 1.165) is 5.56 Å². The molecule has 98 valence electrons. The van der Waals surface area contributed by atoms with Crippen LogP contribution in [0.4, 0.5) is 15.8 Å². The molecule has 0 fully saturated rings. The number of nitrogens with one attached hydrogen (secondary N) is 1. The largest absolute Gasteiger partial charge is 0.397 e. The summed E-state index contributed by atoms with van der Waals surface area (Å²) in [6.45, 7) is 0. The SMILES string of the molecule is Nc1cc(Cl)ccc1NC(=O)Cc1ccc(F)cc1. The first-order valence-corrected chi connectivity index (χ1v) is 6.02. The fourth-order valence-electron chi connectivity index (χ4n) is 1.63. The van der Waals surface area contributed by atoms with Crippen molar-refractivity contribution in [2.24, 2.45) is 0 Å². The third-order valence-corrected chi connectivity index (χ3v) is 2.80. The van der Waals surface area contributed by atoms with Crippen molar-refractivity contribution in [3.63, 3.8) is 0 Å². The van der Waals surface area contributed by atoms with Crippen molar-refractivity contribution in [2.45, 2.75) is 6.42 Å². The molecule has 2 aromatic rings. The first-order chi connectivity index (χ1) is 9.04. The van der Waals surface area contributed by atoms with Crippen LogP contribution in [0.5, 0.6) is 0 Å². The van der Waals surface area contributed by atoms with Crippen LogP contribution in [0.1, 0.15) is 5.56 Å². The van der Waals surface area contributed by atoms with Crippen molar-refractivity contribution in [1.29, 1.82) is 0 Å². The molecule has 0 aliphatic heterocycles. The minimum absolute atomic E-state index is 0.155. The maximum atomic E-state index is 12.7. The lowest BCUT2D eigenvalue weighted by molar-refractivity contribution is -0.115. The lowest BCUT2D eigenvalue weighted by Gasteiger charge is -2.08. The number of carbonyl (C=O) groups is 1. The van der Waals surface area contributed by atoms with Crippen LogP contribution in [-0.4, -0.2) is 5.91 Å². The number of nitrogens with two attached hydrogens (primary N) is 1. The Hall–Kier alpha value is -2.07. The van der Waals surface area contributed by atoms with Crippen molar-refractivity contribution in [3.8, 4) is 0 Å². The Labute approximate surface area is 115 Å². The van der Waals surface area contributed by atoms with Gasteiger partial charge in [-0.1, -0.05) is 23.7 Å². The number of anilines is 2. The number of amides is 1. The number of carbonyl (C=O) groups excluding carboxylic acids is 1. The van der Waals surface area contributed by atoms with Gasteiger partial charge in [-0.3, -0.25) is 4.79 Å². The van der Waals surface area contributed by atoms with E-state index in [-0.39, 0.29) is 18.1 Å². The van der Waals surface area contributed by atoms with E-state index in [2.05, 4.69) is 5.32 Å². The maximum Gasteiger partial charge on any atom is 0.228 e. The highest BCUT2D eigenvalue weighted by Gasteiger charge is 2.07. The molecule has 0 saturated carbocycles. The third kappa shape index (κ3) is 3.69. The average Bonchev–Trinajstić information content (AvgIpc) is 2.36. The van der Waals surface area contributed by atoms with Gasteiger partial charge in [-0.15, -0.1) is 0 Å². The Balaban J connectivity index is 2.03. The standard InChI is InChI=1S/C14H12ClFN2O/c15-10-3-6-13(12(17)8-10)18-14(19)7-9-1-4-11(16)5-2-9/h1-6,8H,7,17H2,(H,18,19). The molecule has 0 aliphatic rings. The molecule has 19 heavy (non-hydrogen) atoms. The molecule has 0 bridgehead atoms. The van der Waals surface area contributed by atoms with E-state index >= 15 is 0 Å². The molecule has 3 N–H and O–H groups in total. The van der Waals surface area contributed by atoms with E-state index in [1.807, 2.05) is 0 Å². The highest BCUT2D eigenvalue weighted by atomic mass is 35.5. The number of rotatable bonds is 3. The lowest BCUT2D eigenvalue weighted by Crippen LogP contribution is -2.15. The molecule has 0 aliphatic carbocycles. The molecule has 2 aromatic carbocycles. The maximum absolute atomic E-state index is 12.7. The van der Waals surface area contributed by atoms with Crippen LogP contribution in [0.3, 0.4) is 0 Å². The summed E-state index contributed by atoms with van der Waals surface area (Å²) < 4.78 is 12.7. The number of hydrogen-bond acceptors (Lipinski definition) is 2. The molecule has 0 spiro atoms. The van der Waals surface area contributed by atoms with Crippen LogP contribution in [-0.2, 0) is 11.2 Å². The molecule has 5 heteroatoms. The average molecular weight is 279 g/mol. The zero-order valence-corrected chi connectivity index (χ0v) is 10.7. The summed E-state index contributed by atoms with van der Waals surface area (Å²) in [5.74, 6) is -0.549. The van der Waals surface area contributed by atoms with Gasteiger partial charge in [0.05, 0.1) is 17.8 Å². The van der Waals surface area contributed by atoms with Gasteiger partial charge in [-0.05, 0) is 35.9 Å². The zero-order valence-electron chi connectivity index (χ0n) is 9.99. The Morgan fingerprint density at radius 1 is 1.21 bits per heavy atom. The highest BCUT2D eigenvalue weighted by Crippen LogP contribution is 2.22. The number of hydrogen-bond donors (Lipinski definition) is 2. The van der Waals surface area contributed by atoms with Gasteiger partial charge in [-0.2, -0.15) is 0 Å². The van der Waals surface area contributed by atoms with Crippen LogP contribution >= 0.6 is 11.6 Å². The topological polar surface area (TPSA) is 55.1 Å². The Bertz CT molecular complexity index is 599. The highest BCUT2D eigenvalue weighted by molar-refractivity contribution is 6.31. The van der Waals surface area contributed by atoms with E-state index < -0.39 is 0 Å². The van der Waals surface area contributed by atoms with Gasteiger partial charge in [0, 0.05) is 5.02 Å². The normalized spacial score (nSPS) is 10.2. The molecule has 0 unspecified atom stereocenters. The van der Waals surface area contributed by atoms with E-state index in [0.29, 0.717) is 16.4 Å². The van der Waals surface area contributed by atoms with Crippen LogP contribution in [0.25, 0.3) is 0 Å². The van der Waals surface area contributed by atoms with Gasteiger partial charge in [-0.25, -0.2) is 4.39 Å². The monoisotopic (exact) mass is 278 g/mol. The molecule has 0 aromatic heterocycles. The molecular formula is C14H12ClFN2O. The second kappa shape index (κ2) is 5.71. The Kier molecular flexibility index (Phi) is 4.02. The summed E-state index contributed by atoms with van der Waals surface area (Å²) in [6, 6.07) is 10.6. The summed E-state index contributed by atoms with van der Waals surface area (Å²) in [5, 5.41) is 3.19. The number of halogens is 2. The van der Waals surface area contributed by atoms with Crippen molar-refractivity contribution in [2.75, 3.05) is 11.1 Å². The van der Waals surface area contributed by atoms with Gasteiger partial charge >= 0.3 is 0 Å². The first-order valence-electron chi connectivity index (χ1n) is 5.64. The summed E-state index contributed by atoms with van der Waals surface area (Å²) in [4.78, 5) is 11.8. The van der Waals surface area contributed by atoms with Crippen LogP contribution in [0, 0.1) is 5.82 Å². The quantitative estimate of drug-likeness (QED) is 0.847. The zero-order chi connectivity index (χ0) is 13.8. The first kappa shape index (κ1) is 13.4. The molecule has 0 atom stereocenters. The third-order valence-electron chi connectivity index (χ3n) is 2.57. The van der Waals surface area contributed by atoms with Gasteiger partial charge in [0.25, 0.3) is 0 Å². The molecule has 0 radical (unpaired) electrons. The second-order valence-corrected chi connectivity index (χ2v) is 4.52. The van der Waals surface area contributed by atoms with Crippen molar-refractivity contribution in [3.05, 3.63) is 58.9 Å². The van der Waals surface area contributed by atoms with E-state index in [1.54, 1.807) is 30.3 Å². The van der Waals surface area contributed by atoms with Crippen LogP contribution in [0.15, 0.2) is 42.5 Å². The fourth-order valence-corrected chi connectivity index (χ4v) is 1.81. The van der Waals surface area contributed by atoms with E-state index in [9.17, 15) is 9.18 Å². The van der Waals surface area contributed by atoms with E-state index in [1.165, 1.54) is 12.1 Å². The van der Waals surface area contributed by atoms with Crippen molar-refractivity contribution >= 4 is 28.9 Å². The second-order valence-electron chi connectivity index (χ2n) is 4.08. The van der Waals surface area contributed by atoms with E-state index in [4.69, 9.17) is 17.3 Å². The smallest absolute Gasteiger partial charge is 0.228 e. The minimum Gasteiger partial charge on any atom is -0.397 e. The summed E-state index contributed by atoms with van der Waals surface area (Å²) in [6.07, 6.45) is 0.155. The number of benzene rings is 2. The van der Waals surface area contributed by atoms with Crippen LogP contribution < -0.4 is 11.1 Å². The molecule has 0 saturated heterocycles. The Morgan fingerprint density at radius 3 is 2.53 bits per heavy atom. The molecule has 2 rings (SSSR count). The molecule has 3 nitrogen and oxygen atoms in total. The predicted octanol–water partition coefficient (Wildman–Crippen LogP) is 3.24. The van der Waals surface area contributed by atoms with Gasteiger partial charge in [0.2, 0.25) is 5.91 Å². The lowest BCUT2D eigenvalue weighted by atomic mass is 10.1. The van der Waals surface area contributed by atoms with Crippen LogP contribution in [0.2, 0.25) is 5.02 Å². The summed E-state index contributed by atoms with van der Waals surface area (Å²) in [5.41, 5.74) is 7.38. The van der Waals surface area contributed by atoms with Crippen molar-refractivity contribution in [1.82, 2.24) is 0 Å². The summed E-state index contributed by atoms with van der Waals surface area (Å²) >= 11 is 5.77. The molecule has 0 heterocycles. The Morgan fingerprint density at radius 2 is 1.89 bits per heavy atom. The van der Waals surface area contributed by atoms with Gasteiger partial charge in [0.15, 0.2) is 0 Å². The molecule has 1 amide bonds. The van der Waals surface area contributed by atoms with Crippen molar-refractivity contribution < 1.29 is 9.18 Å². The fraction of sp³-hybridized carbons (Fsp3) is 0.0714. The number of nitrogen functional groups attached to an aromatic ring is 1. The molecular weight excluding hydrogens is 267 g/mol.